The second kappa shape index (κ2) is 12.5. The molecule has 0 spiro atoms. The Kier molecular flexibility index (Phi) is 8.88. The van der Waals surface area contributed by atoms with Gasteiger partial charge in [0.15, 0.2) is 0 Å². The monoisotopic (exact) mass is 518 g/mol. The summed E-state index contributed by atoms with van der Waals surface area (Å²) < 4.78 is 5.37. The van der Waals surface area contributed by atoms with Crippen molar-refractivity contribution in [1.29, 1.82) is 0 Å². The third kappa shape index (κ3) is 6.64. The van der Waals surface area contributed by atoms with Crippen LogP contribution in [0.15, 0.2) is 54.7 Å². The quantitative estimate of drug-likeness (QED) is 0.322. The number of aryl methyl sites for hydroxylation is 2. The van der Waals surface area contributed by atoms with Crippen molar-refractivity contribution < 1.29 is 19.1 Å². The van der Waals surface area contributed by atoms with Crippen LogP contribution >= 0.6 is 0 Å². The van der Waals surface area contributed by atoms with E-state index in [0.717, 1.165) is 28.5 Å². The number of fused-ring (bicyclic) bond motifs is 1. The van der Waals surface area contributed by atoms with Crippen molar-refractivity contribution in [2.75, 3.05) is 25.5 Å². The van der Waals surface area contributed by atoms with Crippen LogP contribution < -0.4 is 26.5 Å². The standard InChI is InChI=1S/C28H34N6O4/c1-18-13-22(38-2)15-20-14-21(17-30-26(18)20)31-27(36)23(11-10-19-7-4-3-5-8-19)32-28(37)24-9-6-12-34(24)33-25(35)16-29/h3-5,7-8,13-15,17,23-24H,6,9-12,16,29H2,1-2H3,(H,31,36)(H,32,37)(H,33,35)/t23-,24+/m1/s1. The summed E-state index contributed by atoms with van der Waals surface area (Å²) in [7, 11) is 1.60. The molecule has 0 saturated carbocycles. The first-order chi connectivity index (χ1) is 18.4. The lowest BCUT2D eigenvalue weighted by atomic mass is 10.0. The molecule has 0 aliphatic carbocycles. The molecule has 3 amide bonds. The highest BCUT2D eigenvalue weighted by Crippen LogP contribution is 2.25. The summed E-state index contributed by atoms with van der Waals surface area (Å²) in [5.74, 6) is -0.314. The Bertz CT molecular complexity index is 1300. The molecule has 0 radical (unpaired) electrons. The van der Waals surface area contributed by atoms with Crippen molar-refractivity contribution in [2.24, 2.45) is 5.73 Å². The van der Waals surface area contributed by atoms with Gasteiger partial charge in [0.25, 0.3) is 0 Å². The number of hydrogen-bond donors (Lipinski definition) is 4. The summed E-state index contributed by atoms with van der Waals surface area (Å²) in [5.41, 5.74) is 11.5. The molecule has 1 aromatic heterocycles. The zero-order valence-corrected chi connectivity index (χ0v) is 21.7. The van der Waals surface area contributed by atoms with E-state index in [4.69, 9.17) is 10.5 Å². The molecule has 1 aliphatic heterocycles. The summed E-state index contributed by atoms with van der Waals surface area (Å²) in [6.07, 6.45) is 3.92. The van der Waals surface area contributed by atoms with E-state index in [1.54, 1.807) is 18.3 Å². The van der Waals surface area contributed by atoms with Crippen LogP contribution in [0.4, 0.5) is 5.69 Å². The zero-order chi connectivity index (χ0) is 27.1. The van der Waals surface area contributed by atoms with Crippen LogP contribution in [0.25, 0.3) is 10.9 Å². The average molecular weight is 519 g/mol. The van der Waals surface area contributed by atoms with Gasteiger partial charge in [-0.05, 0) is 61.9 Å². The minimum Gasteiger partial charge on any atom is -0.497 e. The van der Waals surface area contributed by atoms with E-state index in [-0.39, 0.29) is 24.3 Å². The van der Waals surface area contributed by atoms with Crippen LogP contribution in [0.1, 0.15) is 30.4 Å². The molecular formula is C28H34N6O4. The largest absolute Gasteiger partial charge is 0.497 e. The molecule has 10 heteroatoms. The molecule has 2 heterocycles. The molecule has 1 aliphatic rings. The predicted octanol–water partition coefficient (Wildman–Crippen LogP) is 2.06. The minimum atomic E-state index is -0.793. The molecule has 1 saturated heterocycles. The number of hydrogen-bond acceptors (Lipinski definition) is 7. The second-order valence-corrected chi connectivity index (χ2v) is 9.41. The van der Waals surface area contributed by atoms with Crippen LogP contribution in [0.3, 0.4) is 0 Å². The molecule has 38 heavy (non-hydrogen) atoms. The van der Waals surface area contributed by atoms with Gasteiger partial charge in [-0.1, -0.05) is 30.3 Å². The maximum absolute atomic E-state index is 13.4. The zero-order valence-electron chi connectivity index (χ0n) is 21.7. The van der Waals surface area contributed by atoms with E-state index in [1.165, 1.54) is 0 Å². The molecule has 3 aromatic rings. The lowest BCUT2D eigenvalue weighted by Gasteiger charge is -2.26. The van der Waals surface area contributed by atoms with Crippen LogP contribution in [-0.2, 0) is 20.8 Å². The Balaban J connectivity index is 1.51. The van der Waals surface area contributed by atoms with Gasteiger partial charge < -0.3 is 21.1 Å². The molecular weight excluding hydrogens is 484 g/mol. The summed E-state index contributed by atoms with van der Waals surface area (Å²) in [6.45, 7) is 2.32. The molecule has 2 atom stereocenters. The van der Waals surface area contributed by atoms with E-state index in [1.807, 2.05) is 55.5 Å². The Morgan fingerprint density at radius 3 is 2.71 bits per heavy atom. The van der Waals surface area contributed by atoms with Crippen LogP contribution in [0, 0.1) is 6.92 Å². The fourth-order valence-electron chi connectivity index (χ4n) is 4.68. The number of nitrogens with two attached hydrogens (primary N) is 1. The predicted molar refractivity (Wildman–Crippen MR) is 145 cm³/mol. The second-order valence-electron chi connectivity index (χ2n) is 9.41. The highest BCUT2D eigenvalue weighted by atomic mass is 16.5. The lowest BCUT2D eigenvalue weighted by Crippen LogP contribution is -2.55. The number of nitrogens with one attached hydrogen (secondary N) is 3. The molecule has 2 aromatic carbocycles. The number of aromatic nitrogens is 1. The topological polar surface area (TPSA) is 139 Å². The third-order valence-corrected chi connectivity index (χ3v) is 6.66. The van der Waals surface area contributed by atoms with Gasteiger partial charge in [0, 0.05) is 11.9 Å². The van der Waals surface area contributed by atoms with Crippen molar-refractivity contribution in [3.05, 3.63) is 65.9 Å². The first-order valence-corrected chi connectivity index (χ1v) is 12.7. The first-order valence-electron chi connectivity index (χ1n) is 12.7. The molecule has 200 valence electrons. The molecule has 1 fully saturated rings. The molecule has 5 N–H and O–H groups in total. The maximum atomic E-state index is 13.4. The van der Waals surface area contributed by atoms with Gasteiger partial charge in [0.1, 0.15) is 17.8 Å². The highest BCUT2D eigenvalue weighted by Gasteiger charge is 2.34. The maximum Gasteiger partial charge on any atom is 0.248 e. The molecule has 0 unspecified atom stereocenters. The average Bonchev–Trinajstić information content (AvgIpc) is 3.39. The van der Waals surface area contributed by atoms with Crippen molar-refractivity contribution in [3.8, 4) is 5.75 Å². The third-order valence-electron chi connectivity index (χ3n) is 6.66. The Morgan fingerprint density at radius 2 is 1.97 bits per heavy atom. The smallest absolute Gasteiger partial charge is 0.248 e. The number of benzene rings is 2. The number of methoxy groups -OCH3 is 1. The number of hydrazine groups is 1. The van der Waals surface area contributed by atoms with Crippen LogP contribution in [-0.4, -0.2) is 60.0 Å². The van der Waals surface area contributed by atoms with E-state index < -0.39 is 12.1 Å². The fraction of sp³-hybridized carbons (Fsp3) is 0.357. The van der Waals surface area contributed by atoms with Gasteiger partial charge in [-0.3, -0.25) is 24.8 Å². The summed E-state index contributed by atoms with van der Waals surface area (Å²) >= 11 is 0. The van der Waals surface area contributed by atoms with E-state index in [9.17, 15) is 14.4 Å². The Labute approximate surface area is 221 Å². The van der Waals surface area contributed by atoms with Gasteiger partial charge in [0.2, 0.25) is 17.7 Å². The SMILES string of the molecule is COc1cc(C)c2ncc(NC(=O)[C@@H](CCc3ccccc3)NC(=O)[C@@H]3CCCN3NC(=O)CN)cc2c1. The first kappa shape index (κ1) is 27.0. The van der Waals surface area contributed by atoms with E-state index in [2.05, 4.69) is 21.0 Å². The van der Waals surface area contributed by atoms with E-state index >= 15 is 0 Å². The van der Waals surface area contributed by atoms with Crippen LogP contribution in [0.2, 0.25) is 0 Å². The highest BCUT2D eigenvalue weighted by molar-refractivity contribution is 5.99. The number of ether oxygens (including phenoxy) is 1. The van der Waals surface area contributed by atoms with Gasteiger partial charge in [-0.15, -0.1) is 0 Å². The van der Waals surface area contributed by atoms with Crippen molar-refractivity contribution in [2.45, 2.75) is 44.7 Å². The molecule has 4 rings (SSSR count). The number of carbonyl (C=O) groups excluding carboxylic acids is 3. The Hall–Kier alpha value is -4.02. The number of carbonyl (C=O) groups is 3. The van der Waals surface area contributed by atoms with E-state index in [0.29, 0.717) is 37.2 Å². The van der Waals surface area contributed by atoms with Gasteiger partial charge >= 0.3 is 0 Å². The minimum absolute atomic E-state index is 0.169. The number of rotatable bonds is 10. The normalized spacial score (nSPS) is 16.1. The summed E-state index contributed by atoms with van der Waals surface area (Å²) in [4.78, 5) is 43.0. The Morgan fingerprint density at radius 1 is 1.18 bits per heavy atom. The van der Waals surface area contributed by atoms with Gasteiger partial charge in [-0.25, -0.2) is 5.01 Å². The number of pyridine rings is 1. The number of anilines is 1. The number of amides is 3. The van der Waals surface area contributed by atoms with Gasteiger partial charge in [-0.2, -0.15) is 0 Å². The molecule has 0 bridgehead atoms. The fourth-order valence-corrected chi connectivity index (χ4v) is 4.68. The summed E-state index contributed by atoms with van der Waals surface area (Å²) in [5, 5.41) is 8.27. The van der Waals surface area contributed by atoms with Crippen molar-refractivity contribution in [1.82, 2.24) is 20.7 Å². The lowest BCUT2D eigenvalue weighted by molar-refractivity contribution is -0.133. The molecule has 10 nitrogen and oxygen atoms in total. The summed E-state index contributed by atoms with van der Waals surface area (Å²) in [6, 6.07) is 14.0. The number of nitrogens with zero attached hydrogens (tertiary/aromatic N) is 2. The van der Waals surface area contributed by atoms with Crippen molar-refractivity contribution >= 4 is 34.3 Å². The van der Waals surface area contributed by atoms with Crippen LogP contribution in [0.5, 0.6) is 5.75 Å². The van der Waals surface area contributed by atoms with Gasteiger partial charge in [0.05, 0.1) is 31.1 Å². The van der Waals surface area contributed by atoms with Crippen molar-refractivity contribution in [3.63, 3.8) is 0 Å².